The summed E-state index contributed by atoms with van der Waals surface area (Å²) in [7, 11) is 3.93. The topological polar surface area (TPSA) is 45.5 Å². The van der Waals surface area contributed by atoms with Crippen LogP contribution in [0.25, 0.3) is 0 Å². The maximum atomic E-state index is 9.24. The van der Waals surface area contributed by atoms with Gasteiger partial charge in [-0.15, -0.1) is 0 Å². The molecule has 0 spiro atoms. The van der Waals surface area contributed by atoms with E-state index in [1.54, 1.807) is 0 Å². The van der Waals surface area contributed by atoms with Crippen LogP contribution in [-0.2, 0) is 0 Å². The molecule has 0 bridgehead atoms. The van der Waals surface area contributed by atoms with Crippen molar-refractivity contribution >= 4 is 0 Å². The fourth-order valence-electron chi connectivity index (χ4n) is 1.98. The van der Waals surface area contributed by atoms with Crippen LogP contribution in [0.2, 0.25) is 0 Å². The van der Waals surface area contributed by atoms with Crippen LogP contribution in [0.3, 0.4) is 0 Å². The van der Waals surface area contributed by atoms with Crippen molar-refractivity contribution in [3.63, 3.8) is 0 Å². The van der Waals surface area contributed by atoms with Gasteiger partial charge in [-0.3, -0.25) is 0 Å². The molecule has 96 valence electrons. The molecule has 1 aliphatic rings. The first kappa shape index (κ1) is 12.7. The fraction of sp³-hybridized carbons (Fsp3) is 0.500. The quantitative estimate of drug-likeness (QED) is 0.818. The van der Waals surface area contributed by atoms with Crippen LogP contribution >= 0.6 is 0 Å². The summed E-state index contributed by atoms with van der Waals surface area (Å²) < 4.78 is 11.2. The van der Waals surface area contributed by atoms with Crippen LogP contribution in [-0.4, -0.2) is 38.8 Å². The Morgan fingerprint density at radius 1 is 1.28 bits per heavy atom. The smallest absolute Gasteiger partial charge is 0.161 e. The largest absolute Gasteiger partial charge is 0.490 e. The second-order valence-electron chi connectivity index (χ2n) is 4.70. The van der Waals surface area contributed by atoms with Crippen molar-refractivity contribution in [3.05, 3.63) is 23.8 Å². The number of benzene rings is 1. The Morgan fingerprint density at radius 2 is 2.00 bits per heavy atom. The van der Waals surface area contributed by atoms with Crippen LogP contribution in [0.4, 0.5) is 0 Å². The summed E-state index contributed by atoms with van der Waals surface area (Å²) in [5.74, 6) is 1.39. The number of hydrogen-bond acceptors (Lipinski definition) is 4. The third kappa shape index (κ3) is 2.93. The normalized spacial score (nSPS) is 15.9. The molecular weight excluding hydrogens is 228 g/mol. The first-order valence-electron chi connectivity index (χ1n) is 6.14. The molecule has 0 amide bonds. The third-order valence-electron chi connectivity index (χ3n) is 2.88. The van der Waals surface area contributed by atoms with Crippen LogP contribution in [0.5, 0.6) is 11.5 Å². The van der Waals surface area contributed by atoms with E-state index in [9.17, 15) is 5.26 Å². The second kappa shape index (κ2) is 5.74. The van der Waals surface area contributed by atoms with Gasteiger partial charge in [-0.05, 0) is 31.8 Å². The summed E-state index contributed by atoms with van der Waals surface area (Å²) in [6, 6.07) is 8.11. The molecule has 1 atom stereocenters. The Hall–Kier alpha value is -1.73. The SMILES string of the molecule is CN(C)CC(C#N)c1ccc2c(c1)OCCCO2. The number of hydrogen-bond donors (Lipinski definition) is 0. The predicted octanol–water partition coefficient (Wildman–Crippen LogP) is 2.02. The van der Waals surface area contributed by atoms with E-state index in [1.807, 2.05) is 37.2 Å². The van der Waals surface area contributed by atoms with Crippen molar-refractivity contribution in [3.8, 4) is 17.6 Å². The third-order valence-corrected chi connectivity index (χ3v) is 2.88. The molecular formula is C14H18N2O2. The van der Waals surface area contributed by atoms with Gasteiger partial charge in [-0.1, -0.05) is 6.07 Å². The van der Waals surface area contributed by atoms with Crippen LogP contribution in [0, 0.1) is 11.3 Å². The van der Waals surface area contributed by atoms with Gasteiger partial charge in [-0.25, -0.2) is 0 Å². The summed E-state index contributed by atoms with van der Waals surface area (Å²) >= 11 is 0. The van der Waals surface area contributed by atoms with Crippen molar-refractivity contribution in [2.24, 2.45) is 0 Å². The molecule has 1 aliphatic heterocycles. The number of nitrogens with zero attached hydrogens (tertiary/aromatic N) is 2. The molecule has 0 fully saturated rings. The Bertz CT molecular complexity index is 452. The monoisotopic (exact) mass is 246 g/mol. The lowest BCUT2D eigenvalue weighted by Gasteiger charge is -2.16. The minimum absolute atomic E-state index is 0.142. The molecule has 1 aromatic rings. The molecule has 1 aromatic carbocycles. The van der Waals surface area contributed by atoms with E-state index < -0.39 is 0 Å². The van der Waals surface area contributed by atoms with Crippen molar-refractivity contribution in [2.75, 3.05) is 33.9 Å². The highest BCUT2D eigenvalue weighted by molar-refractivity contribution is 5.45. The van der Waals surface area contributed by atoms with Gasteiger partial charge in [0, 0.05) is 13.0 Å². The summed E-state index contributed by atoms with van der Waals surface area (Å²) in [6.07, 6.45) is 0.892. The molecule has 0 radical (unpaired) electrons. The number of rotatable bonds is 3. The summed E-state index contributed by atoms with van der Waals surface area (Å²) in [5, 5.41) is 9.24. The van der Waals surface area contributed by atoms with Gasteiger partial charge in [-0.2, -0.15) is 5.26 Å². The Morgan fingerprint density at radius 3 is 2.67 bits per heavy atom. The highest BCUT2D eigenvalue weighted by Gasteiger charge is 2.16. The van der Waals surface area contributed by atoms with Crippen LogP contribution in [0.1, 0.15) is 17.9 Å². The number of nitriles is 1. The van der Waals surface area contributed by atoms with Crippen LogP contribution in [0.15, 0.2) is 18.2 Å². The van der Waals surface area contributed by atoms with Gasteiger partial charge in [0.2, 0.25) is 0 Å². The second-order valence-corrected chi connectivity index (χ2v) is 4.70. The molecule has 4 heteroatoms. The molecule has 0 aliphatic carbocycles. The average molecular weight is 246 g/mol. The van der Waals surface area contributed by atoms with Crippen molar-refractivity contribution < 1.29 is 9.47 Å². The van der Waals surface area contributed by atoms with Gasteiger partial charge < -0.3 is 14.4 Å². The Balaban J connectivity index is 2.24. The fourth-order valence-corrected chi connectivity index (χ4v) is 1.98. The van der Waals surface area contributed by atoms with E-state index in [4.69, 9.17) is 9.47 Å². The van der Waals surface area contributed by atoms with Crippen molar-refractivity contribution in [1.82, 2.24) is 4.90 Å². The van der Waals surface area contributed by atoms with E-state index in [0.717, 1.165) is 23.5 Å². The van der Waals surface area contributed by atoms with E-state index in [0.29, 0.717) is 19.8 Å². The zero-order valence-corrected chi connectivity index (χ0v) is 10.8. The molecule has 0 N–H and O–H groups in total. The van der Waals surface area contributed by atoms with Crippen molar-refractivity contribution in [2.45, 2.75) is 12.3 Å². The first-order chi connectivity index (χ1) is 8.70. The van der Waals surface area contributed by atoms with Crippen molar-refractivity contribution in [1.29, 1.82) is 5.26 Å². The van der Waals surface area contributed by atoms with Gasteiger partial charge >= 0.3 is 0 Å². The summed E-state index contributed by atoms with van der Waals surface area (Å²) in [6.45, 7) is 2.06. The molecule has 1 heterocycles. The first-order valence-corrected chi connectivity index (χ1v) is 6.14. The molecule has 2 rings (SSSR count). The standard InChI is InChI=1S/C14H18N2O2/c1-16(2)10-12(9-15)11-4-5-13-14(8-11)18-7-3-6-17-13/h4-5,8,12H,3,6-7,10H2,1-2H3. The van der Waals surface area contributed by atoms with Crippen LogP contribution < -0.4 is 9.47 Å². The highest BCUT2D eigenvalue weighted by Crippen LogP contribution is 2.32. The average Bonchev–Trinajstić information content (AvgIpc) is 2.59. The minimum Gasteiger partial charge on any atom is -0.490 e. The van der Waals surface area contributed by atoms with Gasteiger partial charge in [0.25, 0.3) is 0 Å². The lowest BCUT2D eigenvalue weighted by molar-refractivity contribution is 0.297. The molecule has 0 aromatic heterocycles. The van der Waals surface area contributed by atoms with E-state index >= 15 is 0 Å². The minimum atomic E-state index is -0.142. The lowest BCUT2D eigenvalue weighted by Crippen LogP contribution is -2.19. The van der Waals surface area contributed by atoms with Gasteiger partial charge in [0.1, 0.15) is 0 Å². The van der Waals surface area contributed by atoms with Gasteiger partial charge in [0.05, 0.1) is 25.2 Å². The lowest BCUT2D eigenvalue weighted by atomic mass is 10.00. The zero-order valence-electron chi connectivity index (χ0n) is 10.8. The maximum absolute atomic E-state index is 9.24. The molecule has 0 saturated heterocycles. The number of ether oxygens (including phenoxy) is 2. The number of likely N-dealkylation sites (N-methyl/N-ethyl adjacent to an activating group) is 1. The summed E-state index contributed by atoms with van der Waals surface area (Å²) in [5.41, 5.74) is 0.982. The number of fused-ring (bicyclic) bond motifs is 1. The predicted molar refractivity (Wildman–Crippen MR) is 69.0 cm³/mol. The van der Waals surface area contributed by atoms with E-state index in [1.165, 1.54) is 0 Å². The van der Waals surface area contributed by atoms with E-state index in [-0.39, 0.29) is 5.92 Å². The molecule has 18 heavy (non-hydrogen) atoms. The Kier molecular flexibility index (Phi) is 4.06. The van der Waals surface area contributed by atoms with E-state index in [2.05, 4.69) is 6.07 Å². The zero-order chi connectivity index (χ0) is 13.0. The highest BCUT2D eigenvalue weighted by atomic mass is 16.5. The molecule has 1 unspecified atom stereocenters. The molecule has 4 nitrogen and oxygen atoms in total. The molecule has 0 saturated carbocycles. The maximum Gasteiger partial charge on any atom is 0.161 e. The van der Waals surface area contributed by atoms with Gasteiger partial charge in [0.15, 0.2) is 11.5 Å². The Labute approximate surface area is 108 Å². The summed E-state index contributed by atoms with van der Waals surface area (Å²) in [4.78, 5) is 2.01.